The van der Waals surface area contributed by atoms with E-state index in [9.17, 15) is 14.4 Å². The van der Waals surface area contributed by atoms with Gasteiger partial charge in [-0.1, -0.05) is 75.0 Å². The summed E-state index contributed by atoms with van der Waals surface area (Å²) in [5.41, 5.74) is 0.586. The van der Waals surface area contributed by atoms with Crippen molar-refractivity contribution in [1.82, 2.24) is 4.90 Å². The summed E-state index contributed by atoms with van der Waals surface area (Å²) in [6.45, 7) is 6.01. The van der Waals surface area contributed by atoms with E-state index >= 15 is 0 Å². The number of thioether (sulfide) groups is 1. The van der Waals surface area contributed by atoms with Crippen molar-refractivity contribution in [2.75, 3.05) is 12.3 Å². The predicted octanol–water partition coefficient (Wildman–Crippen LogP) is 5.42. The van der Waals surface area contributed by atoms with E-state index in [1.54, 1.807) is 18.7 Å². The quantitative estimate of drug-likeness (QED) is 0.407. The maximum absolute atomic E-state index is 12.9. The molecular weight excluding hydrogens is 406 g/mol. The van der Waals surface area contributed by atoms with Gasteiger partial charge in [-0.2, -0.15) is 0 Å². The molecule has 0 spiro atoms. The van der Waals surface area contributed by atoms with E-state index in [1.165, 1.54) is 28.1 Å². The third-order valence-corrected chi connectivity index (χ3v) is 7.45. The molecule has 1 aliphatic rings. The average molecular weight is 440 g/mol. The number of hydrogen-bond donors (Lipinski definition) is 0. The van der Waals surface area contributed by atoms with Crippen molar-refractivity contribution < 1.29 is 14.4 Å². The fourth-order valence-corrected chi connectivity index (χ4v) is 4.87. The molecule has 2 aromatic carbocycles. The van der Waals surface area contributed by atoms with Gasteiger partial charge >= 0.3 is 0 Å². The molecule has 3 rings (SSSR count). The lowest BCUT2D eigenvalue weighted by molar-refractivity contribution is -0.152. The smallest absolute Gasteiger partial charge is 0.291 e. The third-order valence-electron chi connectivity index (χ3n) is 6.40. The second-order valence-corrected chi connectivity index (χ2v) is 10.1. The molecular formula is C26H33NO3S. The number of ketones is 1. The van der Waals surface area contributed by atoms with Crippen LogP contribution in [0.2, 0.25) is 0 Å². The number of aryl methyl sites for hydroxylation is 1. The molecule has 2 aromatic rings. The Morgan fingerprint density at radius 3 is 2.55 bits per heavy atom. The maximum atomic E-state index is 12.9. The molecule has 0 radical (unpaired) electrons. The van der Waals surface area contributed by atoms with Crippen LogP contribution in [0.3, 0.4) is 0 Å². The van der Waals surface area contributed by atoms with E-state index in [1.807, 2.05) is 19.1 Å². The van der Waals surface area contributed by atoms with Crippen LogP contribution in [0.4, 0.5) is 0 Å². The molecule has 166 valence electrons. The zero-order valence-electron chi connectivity index (χ0n) is 18.9. The van der Waals surface area contributed by atoms with E-state index in [4.69, 9.17) is 0 Å². The van der Waals surface area contributed by atoms with Gasteiger partial charge in [-0.05, 0) is 54.9 Å². The van der Waals surface area contributed by atoms with Crippen molar-refractivity contribution in [3.05, 3.63) is 48.0 Å². The van der Waals surface area contributed by atoms with Gasteiger partial charge in [-0.3, -0.25) is 14.4 Å². The minimum Gasteiger partial charge on any atom is -0.325 e. The Morgan fingerprint density at radius 2 is 1.81 bits per heavy atom. The Balaban J connectivity index is 1.54. The number of Topliss-reactive ketones (excluding diaryl/α,β-unsaturated/α-hetero) is 1. The lowest BCUT2D eigenvalue weighted by Gasteiger charge is -2.35. The van der Waals surface area contributed by atoms with Gasteiger partial charge in [0.2, 0.25) is 10.9 Å². The summed E-state index contributed by atoms with van der Waals surface area (Å²) < 4.78 is 0. The Labute approximate surface area is 189 Å². The fraction of sp³-hybridized carbons (Fsp3) is 0.500. The minimum atomic E-state index is -0.685. The molecule has 0 saturated carbocycles. The first kappa shape index (κ1) is 23.5. The van der Waals surface area contributed by atoms with Gasteiger partial charge in [-0.25, -0.2) is 0 Å². The number of carbonyl (C=O) groups excluding carboxylic acids is 3. The Morgan fingerprint density at radius 1 is 1.06 bits per heavy atom. The number of benzene rings is 2. The van der Waals surface area contributed by atoms with Crippen LogP contribution in [-0.2, 0) is 20.8 Å². The number of nitrogens with zero attached hydrogens (tertiary/aromatic N) is 1. The van der Waals surface area contributed by atoms with Gasteiger partial charge in [0, 0.05) is 17.7 Å². The van der Waals surface area contributed by atoms with Gasteiger partial charge in [-0.15, -0.1) is 0 Å². The van der Waals surface area contributed by atoms with Crippen LogP contribution >= 0.6 is 11.8 Å². The second-order valence-electron chi connectivity index (χ2n) is 9.03. The summed E-state index contributed by atoms with van der Waals surface area (Å²) in [5, 5.41) is 2.49. The summed E-state index contributed by atoms with van der Waals surface area (Å²) in [7, 11) is 0. The summed E-state index contributed by atoms with van der Waals surface area (Å²) in [6.07, 6.45) is 4.85. The number of carbonyl (C=O) groups is 3. The zero-order valence-corrected chi connectivity index (χ0v) is 19.7. The molecule has 5 heteroatoms. The molecule has 4 nitrogen and oxygen atoms in total. The van der Waals surface area contributed by atoms with Crippen LogP contribution < -0.4 is 0 Å². The van der Waals surface area contributed by atoms with Crippen molar-refractivity contribution in [3.8, 4) is 0 Å². The first-order chi connectivity index (χ1) is 14.8. The van der Waals surface area contributed by atoms with E-state index in [2.05, 4.69) is 30.3 Å². The lowest BCUT2D eigenvalue weighted by Crippen LogP contribution is -2.52. The molecule has 1 amide bonds. The number of piperidine rings is 1. The van der Waals surface area contributed by atoms with Crippen LogP contribution in [0, 0.1) is 5.41 Å². The molecule has 1 heterocycles. The summed E-state index contributed by atoms with van der Waals surface area (Å²) in [6, 6.07) is 14.4. The van der Waals surface area contributed by atoms with Gasteiger partial charge in [0.05, 0.1) is 0 Å². The van der Waals surface area contributed by atoms with E-state index in [0.29, 0.717) is 19.4 Å². The van der Waals surface area contributed by atoms with E-state index in [0.717, 1.165) is 31.4 Å². The van der Waals surface area contributed by atoms with Gasteiger partial charge in [0.1, 0.15) is 6.04 Å². The van der Waals surface area contributed by atoms with Gasteiger partial charge in [0.25, 0.3) is 5.91 Å². The molecule has 1 aliphatic heterocycles. The molecule has 0 bridgehead atoms. The molecule has 0 aromatic heterocycles. The van der Waals surface area contributed by atoms with Crippen LogP contribution in [0.25, 0.3) is 10.8 Å². The monoisotopic (exact) mass is 439 g/mol. The highest BCUT2D eigenvalue weighted by Crippen LogP contribution is 2.27. The van der Waals surface area contributed by atoms with Crippen molar-refractivity contribution in [1.29, 1.82) is 0 Å². The van der Waals surface area contributed by atoms with Crippen molar-refractivity contribution in [3.63, 3.8) is 0 Å². The Hall–Kier alpha value is -2.14. The number of fused-ring (bicyclic) bond motifs is 1. The average Bonchev–Trinajstić information content (AvgIpc) is 2.80. The van der Waals surface area contributed by atoms with Crippen LogP contribution in [-0.4, -0.2) is 40.0 Å². The molecule has 0 N–H and O–H groups in total. The number of hydrogen-bond acceptors (Lipinski definition) is 4. The largest absolute Gasteiger partial charge is 0.325 e. The zero-order chi connectivity index (χ0) is 22.4. The molecule has 1 unspecified atom stereocenters. The molecule has 1 fully saturated rings. The van der Waals surface area contributed by atoms with Crippen LogP contribution in [0.5, 0.6) is 0 Å². The molecule has 1 atom stereocenters. The number of rotatable bonds is 8. The number of likely N-dealkylation sites (tertiary alicyclic amines) is 1. The van der Waals surface area contributed by atoms with Crippen molar-refractivity contribution in [2.24, 2.45) is 5.41 Å². The molecule has 31 heavy (non-hydrogen) atoms. The molecule has 0 aliphatic carbocycles. The standard InChI is InChI=1S/C26H33NO3S/c1-4-26(2,3)23(28)24(29)27-16-8-7-13-22(27)25(30)31-17-9-10-19-14-15-20-11-5-6-12-21(20)18-19/h5-6,11-12,14-15,18,22H,4,7-10,13,16-17H2,1-3H3. The highest BCUT2D eigenvalue weighted by Gasteiger charge is 2.39. The minimum absolute atomic E-state index is 0.0219. The first-order valence-corrected chi connectivity index (χ1v) is 12.3. The SMILES string of the molecule is CCC(C)(C)C(=O)C(=O)N1CCCCC1C(=O)SCCCc1ccc2ccccc2c1. The summed E-state index contributed by atoms with van der Waals surface area (Å²) >= 11 is 1.31. The highest BCUT2D eigenvalue weighted by molar-refractivity contribution is 8.13. The van der Waals surface area contributed by atoms with Crippen LogP contribution in [0.15, 0.2) is 42.5 Å². The maximum Gasteiger partial charge on any atom is 0.291 e. The third kappa shape index (κ3) is 5.76. The summed E-state index contributed by atoms with van der Waals surface area (Å²) in [4.78, 5) is 40.0. The van der Waals surface area contributed by atoms with Crippen LogP contribution in [0.1, 0.15) is 58.4 Å². The van der Waals surface area contributed by atoms with Crippen molar-refractivity contribution >= 4 is 39.3 Å². The predicted molar refractivity (Wildman–Crippen MR) is 128 cm³/mol. The lowest BCUT2D eigenvalue weighted by atomic mass is 9.84. The van der Waals surface area contributed by atoms with E-state index < -0.39 is 17.4 Å². The highest BCUT2D eigenvalue weighted by atomic mass is 32.2. The molecule has 1 saturated heterocycles. The van der Waals surface area contributed by atoms with E-state index in [-0.39, 0.29) is 10.9 Å². The van der Waals surface area contributed by atoms with Gasteiger partial charge in [0.15, 0.2) is 0 Å². The normalized spacial score (nSPS) is 17.0. The number of amides is 1. The fourth-order valence-electron chi connectivity index (χ4n) is 3.94. The Kier molecular flexibility index (Phi) is 7.93. The first-order valence-electron chi connectivity index (χ1n) is 11.3. The second kappa shape index (κ2) is 10.4. The van der Waals surface area contributed by atoms with Gasteiger partial charge < -0.3 is 4.90 Å². The topological polar surface area (TPSA) is 54.5 Å². The van der Waals surface area contributed by atoms with Crippen molar-refractivity contribution in [2.45, 2.75) is 65.3 Å². The Bertz CT molecular complexity index is 953. The summed E-state index contributed by atoms with van der Waals surface area (Å²) in [5.74, 6) is -0.142.